The summed E-state index contributed by atoms with van der Waals surface area (Å²) in [5, 5.41) is 3.08. The first-order valence-corrected chi connectivity index (χ1v) is 11.1. The van der Waals surface area contributed by atoms with Crippen LogP contribution in [0.15, 0.2) is 65.1 Å². The largest absolute Gasteiger partial charge is 0.459 e. The third-order valence-corrected chi connectivity index (χ3v) is 5.66. The van der Waals surface area contributed by atoms with Crippen LogP contribution in [0.3, 0.4) is 0 Å². The number of hydrogen-bond donors (Lipinski definition) is 1. The van der Waals surface area contributed by atoms with E-state index in [-0.39, 0.29) is 31.1 Å². The second kappa shape index (κ2) is 10.4. The topological polar surface area (TPSA) is 109 Å². The average Bonchev–Trinajstić information content (AvgIpc) is 3.45. The van der Waals surface area contributed by atoms with Gasteiger partial charge >= 0.3 is 12.0 Å². The van der Waals surface area contributed by atoms with Crippen molar-refractivity contribution < 1.29 is 28.3 Å². The number of halogens is 1. The summed E-state index contributed by atoms with van der Waals surface area (Å²) in [7, 11) is 1.59. The zero-order valence-electron chi connectivity index (χ0n) is 18.8. The van der Waals surface area contributed by atoms with E-state index in [0.717, 1.165) is 10.5 Å². The van der Waals surface area contributed by atoms with E-state index in [0.29, 0.717) is 22.1 Å². The predicted molar refractivity (Wildman–Crippen MR) is 126 cm³/mol. The lowest BCUT2D eigenvalue weighted by molar-refractivity contribution is -0.134. The van der Waals surface area contributed by atoms with Gasteiger partial charge in [-0.1, -0.05) is 23.7 Å². The van der Waals surface area contributed by atoms with Crippen molar-refractivity contribution in [3.8, 4) is 11.3 Å². The Kier molecular flexibility index (Phi) is 7.17. The first kappa shape index (κ1) is 24.0. The summed E-state index contributed by atoms with van der Waals surface area (Å²) in [6.45, 7) is -0.128. The fraction of sp³-hybridized carbons (Fsp3) is 0.200. The molecule has 0 saturated carbocycles. The summed E-state index contributed by atoms with van der Waals surface area (Å²) in [5.41, 5.74) is 1.80. The molecule has 1 aliphatic rings. The highest BCUT2D eigenvalue weighted by Crippen LogP contribution is 2.24. The van der Waals surface area contributed by atoms with Crippen molar-refractivity contribution in [1.29, 1.82) is 0 Å². The number of rotatable bonds is 8. The first-order chi connectivity index (χ1) is 16.8. The van der Waals surface area contributed by atoms with Crippen LogP contribution in [0.2, 0.25) is 5.02 Å². The highest BCUT2D eigenvalue weighted by atomic mass is 35.5. The van der Waals surface area contributed by atoms with E-state index in [1.54, 1.807) is 37.4 Å². The minimum atomic E-state index is -0.656. The number of benzene rings is 2. The molecule has 2 aromatic carbocycles. The molecular formula is C25H22ClN3O6. The number of nitrogens with one attached hydrogen (secondary N) is 1. The minimum Gasteiger partial charge on any atom is -0.459 e. The zero-order chi connectivity index (χ0) is 24.9. The summed E-state index contributed by atoms with van der Waals surface area (Å²) in [4.78, 5) is 50.6. The Morgan fingerprint density at radius 1 is 1.06 bits per heavy atom. The van der Waals surface area contributed by atoms with E-state index in [4.69, 9.17) is 20.8 Å². The first-order valence-electron chi connectivity index (χ1n) is 10.7. The Morgan fingerprint density at radius 2 is 1.77 bits per heavy atom. The van der Waals surface area contributed by atoms with Crippen LogP contribution in [-0.2, 0) is 27.4 Å². The molecule has 10 heteroatoms. The van der Waals surface area contributed by atoms with E-state index in [1.165, 1.54) is 17.0 Å². The minimum absolute atomic E-state index is 0.0187. The van der Waals surface area contributed by atoms with Crippen LogP contribution < -0.4 is 5.32 Å². The molecule has 0 radical (unpaired) electrons. The van der Waals surface area contributed by atoms with Crippen LogP contribution in [0.5, 0.6) is 0 Å². The van der Waals surface area contributed by atoms with Crippen molar-refractivity contribution in [3.05, 3.63) is 82.6 Å². The summed E-state index contributed by atoms with van der Waals surface area (Å²) in [5.74, 6) is -0.119. The second-order valence-electron chi connectivity index (χ2n) is 7.93. The number of urea groups is 1. The van der Waals surface area contributed by atoms with Gasteiger partial charge in [0.25, 0.3) is 5.91 Å². The maximum Gasteiger partial charge on any atom is 0.338 e. The highest BCUT2D eigenvalue weighted by Gasteiger charge is 2.28. The van der Waals surface area contributed by atoms with Crippen LogP contribution in [0.4, 0.5) is 4.79 Å². The Hall–Kier alpha value is -4.11. The second-order valence-corrected chi connectivity index (χ2v) is 8.37. The zero-order valence-corrected chi connectivity index (χ0v) is 19.6. The number of furan rings is 1. The van der Waals surface area contributed by atoms with E-state index in [9.17, 15) is 19.2 Å². The molecule has 9 nitrogen and oxygen atoms in total. The van der Waals surface area contributed by atoms with Gasteiger partial charge in [-0.2, -0.15) is 0 Å². The van der Waals surface area contributed by atoms with E-state index in [2.05, 4.69) is 5.32 Å². The molecule has 1 N–H and O–H groups in total. The maximum atomic E-state index is 12.4. The molecule has 1 fully saturated rings. The Bertz CT molecular complexity index is 1240. The van der Waals surface area contributed by atoms with Gasteiger partial charge in [0, 0.05) is 17.6 Å². The summed E-state index contributed by atoms with van der Waals surface area (Å²) < 4.78 is 10.9. The number of hydrogen-bond acceptors (Lipinski definition) is 6. The molecule has 0 spiro atoms. The number of likely N-dealkylation sites (N-methyl/N-ethyl adjacent to an activating group) is 1. The van der Waals surface area contributed by atoms with Crippen molar-refractivity contribution in [2.75, 3.05) is 20.2 Å². The van der Waals surface area contributed by atoms with Gasteiger partial charge in [0.15, 0.2) is 6.61 Å². The third-order valence-electron chi connectivity index (χ3n) is 5.40. The molecular weight excluding hydrogens is 474 g/mol. The van der Waals surface area contributed by atoms with Crippen LogP contribution in [-0.4, -0.2) is 53.8 Å². The van der Waals surface area contributed by atoms with Crippen LogP contribution in [0.25, 0.3) is 11.3 Å². The van der Waals surface area contributed by atoms with E-state index in [1.807, 2.05) is 18.2 Å². The van der Waals surface area contributed by atoms with Crippen molar-refractivity contribution >= 4 is 35.4 Å². The quantitative estimate of drug-likeness (QED) is 0.378. The maximum absolute atomic E-state index is 12.4. The smallest absolute Gasteiger partial charge is 0.338 e. The Labute approximate surface area is 206 Å². The highest BCUT2D eigenvalue weighted by molar-refractivity contribution is 6.30. The molecule has 2 heterocycles. The van der Waals surface area contributed by atoms with Gasteiger partial charge in [0.05, 0.1) is 25.2 Å². The SMILES string of the molecule is CN(Cc1ccc(-c2ccc(Cl)cc2)o1)C(=O)COC(=O)c1ccc(CN2C(=O)CNC2=O)cc1. The molecule has 35 heavy (non-hydrogen) atoms. The number of ether oxygens (including phenoxy) is 1. The van der Waals surface area contributed by atoms with Gasteiger partial charge in [0.2, 0.25) is 5.91 Å². The fourth-order valence-electron chi connectivity index (χ4n) is 3.42. The lowest BCUT2D eigenvalue weighted by Crippen LogP contribution is -2.30. The molecule has 4 amide bonds. The molecule has 0 bridgehead atoms. The van der Waals surface area contributed by atoms with Crippen molar-refractivity contribution in [1.82, 2.24) is 15.1 Å². The Balaban J connectivity index is 1.26. The standard InChI is InChI=1S/C25H22ClN3O6/c1-28(14-20-10-11-21(35-20)17-6-8-19(26)9-7-17)23(31)15-34-24(32)18-4-2-16(3-5-18)13-29-22(30)12-27-25(29)33/h2-11H,12-15H2,1H3,(H,27,33). The van der Waals surface area contributed by atoms with Crippen LogP contribution in [0, 0.1) is 0 Å². The molecule has 3 aromatic rings. The number of amides is 4. The van der Waals surface area contributed by atoms with E-state index >= 15 is 0 Å². The number of carbonyl (C=O) groups excluding carboxylic acids is 4. The molecule has 0 atom stereocenters. The molecule has 0 aliphatic carbocycles. The molecule has 180 valence electrons. The predicted octanol–water partition coefficient (Wildman–Crippen LogP) is 3.47. The van der Waals surface area contributed by atoms with Gasteiger partial charge in [-0.3, -0.25) is 14.5 Å². The third kappa shape index (κ3) is 5.88. The average molecular weight is 496 g/mol. The molecule has 1 aliphatic heterocycles. The molecule has 0 unspecified atom stereocenters. The number of esters is 1. The fourth-order valence-corrected chi connectivity index (χ4v) is 3.55. The van der Waals surface area contributed by atoms with Crippen LogP contribution in [0.1, 0.15) is 21.7 Å². The van der Waals surface area contributed by atoms with Gasteiger partial charge < -0.3 is 19.4 Å². The van der Waals surface area contributed by atoms with Gasteiger partial charge in [-0.05, 0) is 54.1 Å². The number of imide groups is 1. The van der Waals surface area contributed by atoms with E-state index < -0.39 is 24.5 Å². The van der Waals surface area contributed by atoms with Crippen molar-refractivity contribution in [2.45, 2.75) is 13.1 Å². The summed E-state index contributed by atoms with van der Waals surface area (Å²) in [6.07, 6.45) is 0. The van der Waals surface area contributed by atoms with Crippen molar-refractivity contribution in [2.24, 2.45) is 0 Å². The van der Waals surface area contributed by atoms with Crippen LogP contribution >= 0.6 is 11.6 Å². The lowest BCUT2D eigenvalue weighted by Gasteiger charge is -2.16. The van der Waals surface area contributed by atoms with Gasteiger partial charge in [0.1, 0.15) is 11.5 Å². The van der Waals surface area contributed by atoms with Crippen molar-refractivity contribution in [3.63, 3.8) is 0 Å². The Morgan fingerprint density at radius 3 is 2.43 bits per heavy atom. The number of carbonyl (C=O) groups is 4. The van der Waals surface area contributed by atoms with Gasteiger partial charge in [-0.15, -0.1) is 0 Å². The molecule has 4 rings (SSSR count). The normalized spacial score (nSPS) is 13.0. The lowest BCUT2D eigenvalue weighted by atomic mass is 10.1. The van der Waals surface area contributed by atoms with Gasteiger partial charge in [-0.25, -0.2) is 9.59 Å². The summed E-state index contributed by atoms with van der Waals surface area (Å²) >= 11 is 5.91. The number of nitrogens with zero attached hydrogens (tertiary/aromatic N) is 2. The molecule has 1 saturated heterocycles. The summed E-state index contributed by atoms with van der Waals surface area (Å²) in [6, 6.07) is 16.6. The molecule has 1 aromatic heterocycles. The monoisotopic (exact) mass is 495 g/mol.